The summed E-state index contributed by atoms with van der Waals surface area (Å²) in [5.74, 6) is -0.180. The Labute approximate surface area is 95.4 Å². The molecule has 0 spiro atoms. The van der Waals surface area contributed by atoms with Crippen LogP contribution in [0.4, 0.5) is 19.0 Å². The van der Waals surface area contributed by atoms with Crippen molar-refractivity contribution in [2.45, 2.75) is 6.18 Å². The number of hydrogen-bond donors (Lipinski definition) is 1. The third-order valence-electron chi connectivity index (χ3n) is 1.84. The highest BCUT2D eigenvalue weighted by molar-refractivity contribution is 14.1. The summed E-state index contributed by atoms with van der Waals surface area (Å²) in [6.45, 7) is 0. The van der Waals surface area contributed by atoms with Crippen molar-refractivity contribution in [3.05, 3.63) is 21.7 Å². The zero-order valence-electron chi connectivity index (χ0n) is 7.09. The van der Waals surface area contributed by atoms with E-state index in [2.05, 4.69) is 10.1 Å². The topological polar surface area (TPSA) is 56.2 Å². The Morgan fingerprint density at radius 2 is 2.07 bits per heavy atom. The van der Waals surface area contributed by atoms with Gasteiger partial charge in [0.2, 0.25) is 0 Å². The van der Waals surface area contributed by atoms with Gasteiger partial charge in [-0.2, -0.15) is 18.3 Å². The summed E-state index contributed by atoms with van der Waals surface area (Å²) in [6, 6.07) is 0.987. The van der Waals surface area contributed by atoms with Crippen molar-refractivity contribution in [2.24, 2.45) is 0 Å². The third kappa shape index (κ3) is 1.62. The predicted octanol–water partition coefficient (Wildman–Crippen LogP) is 1.93. The number of alkyl halides is 3. The van der Waals surface area contributed by atoms with Crippen molar-refractivity contribution >= 4 is 33.9 Å². The maximum atomic E-state index is 12.6. The van der Waals surface area contributed by atoms with Crippen molar-refractivity contribution in [3.63, 3.8) is 0 Å². The van der Waals surface area contributed by atoms with E-state index in [0.717, 1.165) is 16.9 Å². The molecule has 0 radical (unpaired) electrons. The lowest BCUT2D eigenvalue weighted by molar-refractivity contribution is -0.136. The maximum Gasteiger partial charge on any atom is 0.418 e. The van der Waals surface area contributed by atoms with Gasteiger partial charge >= 0.3 is 6.18 Å². The molecule has 0 saturated carbocycles. The van der Waals surface area contributed by atoms with Gasteiger partial charge in [-0.25, -0.2) is 9.50 Å². The lowest BCUT2D eigenvalue weighted by Gasteiger charge is -2.05. The van der Waals surface area contributed by atoms with Gasteiger partial charge in [0.25, 0.3) is 0 Å². The number of nitrogens with zero attached hydrogens (tertiary/aromatic N) is 3. The first-order valence-electron chi connectivity index (χ1n) is 3.76. The molecule has 0 aliphatic carbocycles. The highest BCUT2D eigenvalue weighted by atomic mass is 127. The Kier molecular flexibility index (Phi) is 2.24. The summed E-state index contributed by atoms with van der Waals surface area (Å²) in [7, 11) is 0. The first-order chi connectivity index (χ1) is 6.91. The smallest absolute Gasteiger partial charge is 0.382 e. The van der Waals surface area contributed by atoms with Crippen LogP contribution < -0.4 is 5.73 Å². The molecule has 4 nitrogen and oxygen atoms in total. The summed E-state index contributed by atoms with van der Waals surface area (Å²) in [5.41, 5.74) is 4.38. The summed E-state index contributed by atoms with van der Waals surface area (Å²) in [5, 5.41) is 3.69. The van der Waals surface area contributed by atoms with E-state index in [0.29, 0.717) is 3.70 Å². The number of nitrogen functional groups attached to an aromatic ring is 1. The first kappa shape index (κ1) is 10.5. The number of halogens is 4. The molecule has 2 aromatic rings. The van der Waals surface area contributed by atoms with Gasteiger partial charge in [-0.1, -0.05) is 0 Å². The van der Waals surface area contributed by atoms with E-state index in [9.17, 15) is 13.2 Å². The summed E-state index contributed by atoms with van der Waals surface area (Å²) < 4.78 is 39.2. The molecule has 0 fully saturated rings. The van der Waals surface area contributed by atoms with Crippen LogP contribution in [0.25, 0.3) is 5.52 Å². The first-order valence-corrected chi connectivity index (χ1v) is 4.84. The molecule has 0 amide bonds. The van der Waals surface area contributed by atoms with E-state index < -0.39 is 11.7 Å². The van der Waals surface area contributed by atoms with Crippen LogP contribution in [-0.2, 0) is 6.18 Å². The number of anilines is 1. The molecule has 2 N–H and O–H groups in total. The Morgan fingerprint density at radius 1 is 1.40 bits per heavy atom. The number of aromatic nitrogens is 3. The molecule has 0 unspecified atom stereocenters. The molecule has 0 saturated heterocycles. The van der Waals surface area contributed by atoms with Gasteiger partial charge in [0.15, 0.2) is 5.82 Å². The van der Waals surface area contributed by atoms with E-state index in [1.54, 1.807) is 22.6 Å². The molecular weight excluding hydrogens is 324 g/mol. The lowest BCUT2D eigenvalue weighted by atomic mass is 10.3. The minimum absolute atomic E-state index is 0.180. The second-order valence-electron chi connectivity index (χ2n) is 2.78. The molecule has 2 aromatic heterocycles. The molecule has 80 valence electrons. The van der Waals surface area contributed by atoms with Gasteiger partial charge in [-0.3, -0.25) is 0 Å². The van der Waals surface area contributed by atoms with Crippen molar-refractivity contribution < 1.29 is 13.2 Å². The van der Waals surface area contributed by atoms with Crippen molar-refractivity contribution in [1.29, 1.82) is 0 Å². The molecular formula is C7H4F3IN4. The molecule has 2 heterocycles. The summed E-state index contributed by atoms with van der Waals surface area (Å²) in [6.07, 6.45) is -3.34. The van der Waals surface area contributed by atoms with Crippen LogP contribution in [0.15, 0.2) is 12.4 Å². The fourth-order valence-corrected chi connectivity index (χ4v) is 1.92. The number of hydrogen-bond acceptors (Lipinski definition) is 3. The van der Waals surface area contributed by atoms with Crippen molar-refractivity contribution in [2.75, 3.05) is 5.73 Å². The Morgan fingerprint density at radius 3 is 2.67 bits per heavy atom. The fraction of sp³-hybridized carbons (Fsp3) is 0.143. The summed E-state index contributed by atoms with van der Waals surface area (Å²) >= 11 is 1.75. The Balaban J connectivity index is 2.88. The molecule has 0 atom stereocenters. The van der Waals surface area contributed by atoms with Gasteiger partial charge in [0.1, 0.15) is 15.5 Å². The second kappa shape index (κ2) is 3.22. The van der Waals surface area contributed by atoms with E-state index in [1.807, 2.05) is 0 Å². The largest absolute Gasteiger partial charge is 0.418 e. The molecule has 0 aromatic carbocycles. The SMILES string of the molecule is Nc1ncnn2c(I)cc(C(F)(F)F)c12. The van der Waals surface area contributed by atoms with Crippen molar-refractivity contribution in [1.82, 2.24) is 14.6 Å². The zero-order valence-corrected chi connectivity index (χ0v) is 9.24. The maximum absolute atomic E-state index is 12.6. The highest BCUT2D eigenvalue weighted by Crippen LogP contribution is 2.35. The van der Waals surface area contributed by atoms with Crippen LogP contribution in [0.3, 0.4) is 0 Å². The average molecular weight is 328 g/mol. The van der Waals surface area contributed by atoms with E-state index in [-0.39, 0.29) is 11.3 Å². The third-order valence-corrected chi connectivity index (χ3v) is 2.61. The molecule has 0 aliphatic heterocycles. The lowest BCUT2D eigenvalue weighted by Crippen LogP contribution is -2.07. The van der Waals surface area contributed by atoms with Gasteiger partial charge in [0.05, 0.1) is 5.56 Å². The molecule has 0 aliphatic rings. The van der Waals surface area contributed by atoms with E-state index in [4.69, 9.17) is 5.73 Å². The zero-order chi connectivity index (χ0) is 11.2. The number of rotatable bonds is 0. The van der Waals surface area contributed by atoms with Gasteiger partial charge < -0.3 is 5.73 Å². The monoisotopic (exact) mass is 328 g/mol. The van der Waals surface area contributed by atoms with Crippen LogP contribution in [0, 0.1) is 3.70 Å². The second-order valence-corrected chi connectivity index (χ2v) is 3.89. The molecule has 2 rings (SSSR count). The van der Waals surface area contributed by atoms with Gasteiger partial charge in [-0.05, 0) is 28.7 Å². The van der Waals surface area contributed by atoms with Crippen molar-refractivity contribution in [3.8, 4) is 0 Å². The van der Waals surface area contributed by atoms with Crippen LogP contribution in [0.5, 0.6) is 0 Å². The normalized spacial score (nSPS) is 12.3. The highest BCUT2D eigenvalue weighted by Gasteiger charge is 2.35. The van der Waals surface area contributed by atoms with Gasteiger partial charge in [-0.15, -0.1) is 0 Å². The van der Waals surface area contributed by atoms with E-state index in [1.165, 1.54) is 0 Å². The predicted molar refractivity (Wildman–Crippen MR) is 55.1 cm³/mol. The average Bonchev–Trinajstić information content (AvgIpc) is 2.45. The fourth-order valence-electron chi connectivity index (χ4n) is 1.25. The summed E-state index contributed by atoms with van der Waals surface area (Å²) in [4.78, 5) is 3.54. The molecule has 0 bridgehead atoms. The van der Waals surface area contributed by atoms with Crippen LogP contribution in [0.1, 0.15) is 5.56 Å². The minimum atomic E-state index is -4.45. The Hall–Kier alpha value is -1.06. The molecule has 8 heteroatoms. The van der Waals surface area contributed by atoms with E-state index >= 15 is 0 Å². The number of fused-ring (bicyclic) bond motifs is 1. The minimum Gasteiger partial charge on any atom is -0.382 e. The van der Waals surface area contributed by atoms with Crippen LogP contribution in [0.2, 0.25) is 0 Å². The van der Waals surface area contributed by atoms with Crippen LogP contribution >= 0.6 is 22.6 Å². The quantitative estimate of drug-likeness (QED) is 0.752. The van der Waals surface area contributed by atoms with Crippen LogP contribution in [-0.4, -0.2) is 14.6 Å². The Bertz CT molecular complexity index is 519. The number of nitrogens with two attached hydrogens (primary N) is 1. The standard InChI is InChI=1S/C7H4F3IN4/c8-7(9,10)3-1-4(11)15-5(3)6(12)13-2-14-15/h1-2H,(H2,12,13,14). The molecule has 15 heavy (non-hydrogen) atoms. The van der Waals surface area contributed by atoms with Gasteiger partial charge in [0, 0.05) is 0 Å².